The normalized spacial score (nSPS) is 10.2. The van der Waals surface area contributed by atoms with E-state index in [1.807, 2.05) is 0 Å². The number of aromatic nitrogens is 2. The Kier molecular flexibility index (Phi) is 5.33. The number of nitrogens with one attached hydrogen (secondary N) is 2. The van der Waals surface area contributed by atoms with Gasteiger partial charge in [-0.2, -0.15) is 0 Å². The van der Waals surface area contributed by atoms with Crippen LogP contribution in [0.4, 0.5) is 22.7 Å². The fourth-order valence-electron chi connectivity index (χ4n) is 1.92. The van der Waals surface area contributed by atoms with Gasteiger partial charge in [0.15, 0.2) is 0 Å². The average Bonchev–Trinajstić information content (AvgIpc) is 2.89. The van der Waals surface area contributed by atoms with E-state index in [1.54, 1.807) is 0 Å². The first-order valence-electron chi connectivity index (χ1n) is 6.65. The van der Waals surface area contributed by atoms with Crippen LogP contribution in [0.1, 0.15) is 0 Å². The lowest BCUT2D eigenvalue weighted by atomic mass is 10.2. The number of benzene rings is 2. The van der Waals surface area contributed by atoms with E-state index in [-0.39, 0.29) is 32.8 Å². The van der Waals surface area contributed by atoms with Gasteiger partial charge in [0.25, 0.3) is 11.4 Å². The molecule has 0 saturated heterocycles. The van der Waals surface area contributed by atoms with Crippen molar-refractivity contribution in [2.24, 2.45) is 0 Å². The van der Waals surface area contributed by atoms with Crippen LogP contribution in [-0.4, -0.2) is 19.8 Å². The largest absolute Gasteiger partial charge is 0.397 e. The summed E-state index contributed by atoms with van der Waals surface area (Å²) >= 11 is 11.1. The molecule has 0 fully saturated rings. The van der Waals surface area contributed by atoms with Gasteiger partial charge in [-0.25, -0.2) is 4.79 Å². The minimum Gasteiger partial charge on any atom is -0.397 e. The van der Waals surface area contributed by atoms with Gasteiger partial charge in [-0.1, -0.05) is 23.2 Å². The van der Waals surface area contributed by atoms with Crippen LogP contribution in [0.25, 0.3) is 11.0 Å². The van der Waals surface area contributed by atoms with E-state index < -0.39 is 15.5 Å². The molecule has 0 unspecified atom stereocenters. The van der Waals surface area contributed by atoms with Crippen molar-refractivity contribution < 1.29 is 9.85 Å². The van der Waals surface area contributed by atoms with Gasteiger partial charge in [0, 0.05) is 12.1 Å². The lowest BCUT2D eigenvalue weighted by molar-refractivity contribution is -0.384. The highest BCUT2D eigenvalue weighted by Gasteiger charge is 2.15. The van der Waals surface area contributed by atoms with Gasteiger partial charge in [-0.05, 0) is 12.1 Å². The molecule has 1 heterocycles. The number of nitrogens with zero attached hydrogens (tertiary/aromatic N) is 2. The highest BCUT2D eigenvalue weighted by atomic mass is 35.5. The number of hydrogen-bond acceptors (Lipinski definition) is 7. The molecule has 6 N–H and O–H groups in total. The fraction of sp³-hybridized carbons (Fsp3) is 0. The molecule has 0 bridgehead atoms. The summed E-state index contributed by atoms with van der Waals surface area (Å²) in [6, 6.07) is 4.95. The summed E-state index contributed by atoms with van der Waals surface area (Å²) in [5.74, 6) is 0. The Morgan fingerprint density at radius 1 is 0.808 bits per heavy atom. The monoisotopic (exact) mass is 400 g/mol. The number of fused-ring (bicyclic) bond motifs is 1. The standard InChI is InChI=1S/C7H4ClN3O3.C6H6ClN3O2/c8-3-1-4-5(10-7(12)9-4)2-6(3)11(13)14;7-3-1-4(8)5(9)2-6(3)10(11)12/h1-2H,(H2,9,10,12);1-2H,8-9H2. The molecule has 13 heteroatoms. The molecule has 2 aromatic carbocycles. The summed E-state index contributed by atoms with van der Waals surface area (Å²) < 4.78 is 0. The number of anilines is 2. The number of halogens is 2. The molecule has 26 heavy (non-hydrogen) atoms. The summed E-state index contributed by atoms with van der Waals surface area (Å²) in [6.45, 7) is 0. The SMILES string of the molecule is Nc1cc(Cl)c([N+](=O)[O-])cc1N.O=c1[nH]c2cc(Cl)c([N+](=O)[O-])cc2[nH]1. The predicted octanol–water partition coefficient (Wildman–Crippen LogP) is 2.83. The molecule has 0 aliphatic carbocycles. The van der Waals surface area contributed by atoms with Crippen molar-refractivity contribution in [2.75, 3.05) is 11.5 Å². The third-order valence-corrected chi connectivity index (χ3v) is 3.73. The van der Waals surface area contributed by atoms with Crippen molar-refractivity contribution in [1.29, 1.82) is 0 Å². The Bertz CT molecular complexity index is 1080. The van der Waals surface area contributed by atoms with Crippen molar-refractivity contribution in [1.82, 2.24) is 9.97 Å². The number of nitrogens with two attached hydrogens (primary N) is 2. The Balaban J connectivity index is 0.000000190. The van der Waals surface area contributed by atoms with Crippen LogP contribution in [0.15, 0.2) is 29.1 Å². The molecule has 0 spiro atoms. The summed E-state index contributed by atoms with van der Waals surface area (Å²) in [5.41, 5.74) is 11.0. The first-order valence-corrected chi connectivity index (χ1v) is 7.40. The molecule has 1 aromatic heterocycles. The molecule has 0 radical (unpaired) electrons. The third kappa shape index (κ3) is 4.02. The number of imidazole rings is 1. The molecule has 0 atom stereocenters. The Hall–Kier alpha value is -3.31. The number of aromatic amines is 2. The van der Waals surface area contributed by atoms with Crippen molar-refractivity contribution in [3.05, 3.63) is 65.0 Å². The topological polar surface area (TPSA) is 187 Å². The van der Waals surface area contributed by atoms with Crippen molar-refractivity contribution in [2.45, 2.75) is 0 Å². The van der Waals surface area contributed by atoms with E-state index in [0.717, 1.165) is 6.07 Å². The zero-order valence-corrected chi connectivity index (χ0v) is 14.2. The fourth-order valence-corrected chi connectivity index (χ4v) is 2.39. The van der Waals surface area contributed by atoms with Gasteiger partial charge in [0.05, 0.1) is 32.3 Å². The molecule has 0 saturated carbocycles. The number of nitro groups is 2. The predicted molar refractivity (Wildman–Crippen MR) is 97.5 cm³/mol. The minimum absolute atomic E-state index is 0.00208. The quantitative estimate of drug-likeness (QED) is 0.288. The summed E-state index contributed by atoms with van der Waals surface area (Å²) in [6.07, 6.45) is 0. The summed E-state index contributed by atoms with van der Waals surface area (Å²) in [7, 11) is 0. The maximum Gasteiger partial charge on any atom is 0.323 e. The molecule has 11 nitrogen and oxygen atoms in total. The number of nitrogen functional groups attached to an aromatic ring is 2. The highest BCUT2D eigenvalue weighted by molar-refractivity contribution is 6.33. The lowest BCUT2D eigenvalue weighted by Crippen LogP contribution is -1.99. The maximum absolute atomic E-state index is 10.9. The number of nitro benzene ring substituents is 2. The molecule has 0 amide bonds. The summed E-state index contributed by atoms with van der Waals surface area (Å²) in [5, 5.41) is 20.8. The summed E-state index contributed by atoms with van der Waals surface area (Å²) in [4.78, 5) is 35.3. The van der Waals surface area contributed by atoms with E-state index in [9.17, 15) is 25.0 Å². The second-order valence-electron chi connectivity index (χ2n) is 4.88. The van der Waals surface area contributed by atoms with E-state index in [1.165, 1.54) is 18.2 Å². The first-order chi connectivity index (χ1) is 12.1. The molecule has 136 valence electrons. The van der Waals surface area contributed by atoms with Gasteiger partial charge in [-0.15, -0.1) is 0 Å². The molecule has 3 aromatic rings. The van der Waals surface area contributed by atoms with Gasteiger partial charge in [0.1, 0.15) is 10.0 Å². The van der Waals surface area contributed by atoms with Crippen LogP contribution in [0.3, 0.4) is 0 Å². The van der Waals surface area contributed by atoms with E-state index >= 15 is 0 Å². The number of hydrogen-bond donors (Lipinski definition) is 4. The van der Waals surface area contributed by atoms with E-state index in [0.29, 0.717) is 11.0 Å². The molecule has 0 aliphatic rings. The van der Waals surface area contributed by atoms with Gasteiger partial charge >= 0.3 is 5.69 Å². The minimum atomic E-state index is -0.613. The number of rotatable bonds is 2. The number of H-pyrrole nitrogens is 2. The van der Waals surface area contributed by atoms with Crippen LogP contribution in [0.5, 0.6) is 0 Å². The highest BCUT2D eigenvalue weighted by Crippen LogP contribution is 2.30. The van der Waals surface area contributed by atoms with Crippen molar-refractivity contribution in [3.63, 3.8) is 0 Å². The zero-order chi connectivity index (χ0) is 19.6. The molecule has 0 aliphatic heterocycles. The Morgan fingerprint density at radius 2 is 1.23 bits per heavy atom. The van der Waals surface area contributed by atoms with Crippen molar-refractivity contribution >= 4 is 57.0 Å². The Labute approximate surface area is 153 Å². The van der Waals surface area contributed by atoms with Gasteiger partial charge in [-0.3, -0.25) is 20.2 Å². The van der Waals surface area contributed by atoms with Crippen LogP contribution in [0, 0.1) is 20.2 Å². The van der Waals surface area contributed by atoms with E-state index in [4.69, 9.17) is 34.7 Å². The van der Waals surface area contributed by atoms with Gasteiger partial charge in [0.2, 0.25) is 0 Å². The lowest BCUT2D eigenvalue weighted by Gasteiger charge is -2.00. The Morgan fingerprint density at radius 3 is 1.77 bits per heavy atom. The zero-order valence-electron chi connectivity index (χ0n) is 12.7. The van der Waals surface area contributed by atoms with Crippen LogP contribution in [0.2, 0.25) is 10.0 Å². The average molecular weight is 401 g/mol. The second-order valence-corrected chi connectivity index (χ2v) is 5.69. The first kappa shape index (κ1) is 19.0. The van der Waals surface area contributed by atoms with Crippen LogP contribution in [-0.2, 0) is 0 Å². The molecular formula is C13H10Cl2N6O5. The van der Waals surface area contributed by atoms with Crippen LogP contribution < -0.4 is 17.2 Å². The smallest absolute Gasteiger partial charge is 0.323 e. The third-order valence-electron chi connectivity index (χ3n) is 3.13. The van der Waals surface area contributed by atoms with Crippen LogP contribution >= 0.6 is 23.2 Å². The van der Waals surface area contributed by atoms with E-state index in [2.05, 4.69) is 9.97 Å². The van der Waals surface area contributed by atoms with Gasteiger partial charge < -0.3 is 21.4 Å². The molecule has 3 rings (SSSR count). The second kappa shape index (κ2) is 7.29. The molecular weight excluding hydrogens is 391 g/mol. The van der Waals surface area contributed by atoms with Crippen molar-refractivity contribution in [3.8, 4) is 0 Å². The maximum atomic E-state index is 10.9.